The van der Waals surface area contributed by atoms with Gasteiger partial charge in [0.15, 0.2) is 0 Å². The molecule has 1 aromatic heterocycles. The number of hydrogen-bond donors (Lipinski definition) is 2. The lowest BCUT2D eigenvalue weighted by Crippen LogP contribution is -2.38. The van der Waals surface area contributed by atoms with Crippen molar-refractivity contribution >= 4 is 29.3 Å². The lowest BCUT2D eigenvalue weighted by atomic mass is 9.96. The van der Waals surface area contributed by atoms with Crippen LogP contribution in [0.4, 0.5) is 10.5 Å². The molecule has 2 rings (SSSR count). The number of urea groups is 1. The standard InChI is InChI=1S/C30H41N5O2.C6H14O/c1-9-12-15-37-26-13-14-32-29(18-26)27-16-25(24(10-2)19-33-22(7)20(4)5)17-28(21(27)6)34-23(8)35-30(36)31-11-3;1-3-5-7-6-4-2/h10,13-14,16-20H,7,9,11-12,15H2,1-6,8H3,(H2,31,34,35,36);3-6H2,1-2H3/b24-10+,33-19?;. The van der Waals surface area contributed by atoms with Crippen molar-refractivity contribution in [2.24, 2.45) is 15.9 Å². The van der Waals surface area contributed by atoms with E-state index in [1.807, 2.05) is 51.3 Å². The summed E-state index contributed by atoms with van der Waals surface area (Å²) in [5.74, 6) is 1.53. The number of aliphatic imine (C=N–C) groups is 2. The zero-order valence-corrected chi connectivity index (χ0v) is 28.5. The minimum atomic E-state index is -0.287. The summed E-state index contributed by atoms with van der Waals surface area (Å²) < 4.78 is 11.1. The number of pyridine rings is 1. The Labute approximate surface area is 266 Å². The maximum Gasteiger partial charge on any atom is 0.320 e. The van der Waals surface area contributed by atoms with Gasteiger partial charge in [0, 0.05) is 49.5 Å². The molecule has 0 saturated heterocycles. The zero-order chi connectivity index (χ0) is 32.9. The lowest BCUT2D eigenvalue weighted by Gasteiger charge is -2.15. The van der Waals surface area contributed by atoms with Gasteiger partial charge in [0.2, 0.25) is 0 Å². The van der Waals surface area contributed by atoms with Crippen LogP contribution in [-0.2, 0) is 4.74 Å². The van der Waals surface area contributed by atoms with Gasteiger partial charge in [-0.2, -0.15) is 0 Å². The Morgan fingerprint density at radius 1 is 1.07 bits per heavy atom. The molecular formula is C36H55N5O3. The molecular weight excluding hydrogens is 550 g/mol. The fourth-order valence-electron chi connectivity index (χ4n) is 3.82. The predicted octanol–water partition coefficient (Wildman–Crippen LogP) is 9.07. The fraction of sp³-hybridized carbons (Fsp3) is 0.500. The van der Waals surface area contributed by atoms with Crippen molar-refractivity contribution in [2.75, 3.05) is 26.4 Å². The van der Waals surface area contributed by atoms with E-state index < -0.39 is 0 Å². The minimum Gasteiger partial charge on any atom is -0.493 e. The smallest absolute Gasteiger partial charge is 0.320 e. The van der Waals surface area contributed by atoms with Gasteiger partial charge in [-0.15, -0.1) is 0 Å². The van der Waals surface area contributed by atoms with Crippen LogP contribution in [0.15, 0.2) is 58.8 Å². The first-order valence-electron chi connectivity index (χ1n) is 15.9. The molecule has 0 bridgehead atoms. The molecule has 0 atom stereocenters. The molecule has 0 spiro atoms. The number of hydrogen-bond acceptors (Lipinski definition) is 6. The molecule has 44 heavy (non-hydrogen) atoms. The van der Waals surface area contributed by atoms with Crippen molar-refractivity contribution in [3.63, 3.8) is 0 Å². The van der Waals surface area contributed by atoms with Crippen molar-refractivity contribution in [3.05, 3.63) is 59.9 Å². The van der Waals surface area contributed by atoms with Crippen molar-refractivity contribution in [3.8, 4) is 17.0 Å². The van der Waals surface area contributed by atoms with Gasteiger partial charge in [0.05, 0.1) is 18.0 Å². The van der Waals surface area contributed by atoms with E-state index in [1.54, 1.807) is 13.1 Å². The molecule has 1 aromatic carbocycles. The van der Waals surface area contributed by atoms with Crippen LogP contribution < -0.4 is 15.4 Å². The van der Waals surface area contributed by atoms with Crippen molar-refractivity contribution in [1.29, 1.82) is 0 Å². The molecule has 1 heterocycles. The number of amides is 2. The molecule has 242 valence electrons. The average Bonchev–Trinajstić information content (AvgIpc) is 2.99. The maximum atomic E-state index is 12.0. The Morgan fingerprint density at radius 2 is 1.77 bits per heavy atom. The number of amidine groups is 1. The van der Waals surface area contributed by atoms with Crippen LogP contribution in [0.3, 0.4) is 0 Å². The molecule has 8 nitrogen and oxygen atoms in total. The van der Waals surface area contributed by atoms with E-state index in [-0.39, 0.29) is 11.9 Å². The second-order valence-corrected chi connectivity index (χ2v) is 10.7. The van der Waals surface area contributed by atoms with Crippen LogP contribution in [0.1, 0.15) is 92.2 Å². The van der Waals surface area contributed by atoms with Gasteiger partial charge >= 0.3 is 6.03 Å². The second kappa shape index (κ2) is 21.8. The van der Waals surface area contributed by atoms with Gasteiger partial charge in [0.1, 0.15) is 11.6 Å². The molecule has 0 radical (unpaired) electrons. The van der Waals surface area contributed by atoms with E-state index >= 15 is 0 Å². The van der Waals surface area contributed by atoms with E-state index in [4.69, 9.17) is 14.5 Å². The van der Waals surface area contributed by atoms with Gasteiger partial charge < -0.3 is 14.8 Å². The number of benzene rings is 1. The number of rotatable bonds is 15. The van der Waals surface area contributed by atoms with Crippen LogP contribution >= 0.6 is 0 Å². The van der Waals surface area contributed by atoms with E-state index in [0.717, 1.165) is 84.0 Å². The van der Waals surface area contributed by atoms with E-state index in [1.165, 1.54) is 0 Å². The van der Waals surface area contributed by atoms with E-state index in [0.29, 0.717) is 19.0 Å². The number of carbonyl (C=O) groups is 1. The Bertz CT molecular complexity index is 1260. The van der Waals surface area contributed by atoms with E-state index in [9.17, 15) is 4.79 Å². The molecule has 0 fully saturated rings. The molecule has 0 aliphatic heterocycles. The number of allylic oxidation sites excluding steroid dienone is 3. The SMILES string of the molecule is C=C(N=C/C(=C\C)c1cc(N=C(C)NC(=O)NCC)c(C)c(-c2cc(OCCCC)ccn2)c1)C(C)C.CCCOCCC. The number of nitrogens with zero attached hydrogens (tertiary/aromatic N) is 3. The summed E-state index contributed by atoms with van der Waals surface area (Å²) in [4.78, 5) is 26.0. The molecule has 0 aliphatic carbocycles. The number of unbranched alkanes of at least 4 members (excludes halogenated alkanes) is 1. The van der Waals surface area contributed by atoms with Gasteiger partial charge in [-0.05, 0) is 87.8 Å². The van der Waals surface area contributed by atoms with Crippen LogP contribution in [0.25, 0.3) is 16.8 Å². The summed E-state index contributed by atoms with van der Waals surface area (Å²) in [5, 5.41) is 5.51. The summed E-state index contributed by atoms with van der Waals surface area (Å²) in [6.45, 7) is 25.2. The lowest BCUT2D eigenvalue weighted by molar-refractivity contribution is 0.135. The first-order valence-corrected chi connectivity index (χ1v) is 15.9. The third-order valence-corrected chi connectivity index (χ3v) is 6.45. The third kappa shape index (κ3) is 14.1. The van der Waals surface area contributed by atoms with E-state index in [2.05, 4.69) is 67.9 Å². The number of ether oxygens (including phenoxy) is 2. The molecule has 2 N–H and O–H groups in total. The summed E-state index contributed by atoms with van der Waals surface area (Å²) in [6.07, 6.45) is 9.95. The molecule has 0 saturated carbocycles. The van der Waals surface area contributed by atoms with Gasteiger partial charge in [0.25, 0.3) is 0 Å². The Hall–Kier alpha value is -3.78. The molecule has 2 amide bonds. The zero-order valence-electron chi connectivity index (χ0n) is 28.5. The van der Waals surface area contributed by atoms with Crippen molar-refractivity contribution < 1.29 is 14.3 Å². The quantitative estimate of drug-likeness (QED) is 0.120. The van der Waals surface area contributed by atoms with Crippen LogP contribution in [0.2, 0.25) is 0 Å². The Kier molecular flexibility index (Phi) is 19.0. The highest BCUT2D eigenvalue weighted by Crippen LogP contribution is 2.34. The molecule has 2 aromatic rings. The topological polar surface area (TPSA) is 97.2 Å². The Morgan fingerprint density at radius 3 is 2.36 bits per heavy atom. The van der Waals surface area contributed by atoms with Crippen LogP contribution in [0.5, 0.6) is 5.75 Å². The van der Waals surface area contributed by atoms with Gasteiger partial charge in [-0.25, -0.2) is 9.79 Å². The van der Waals surface area contributed by atoms with Crippen molar-refractivity contribution in [1.82, 2.24) is 15.6 Å². The minimum absolute atomic E-state index is 0.255. The van der Waals surface area contributed by atoms with Crippen molar-refractivity contribution in [2.45, 2.75) is 88.0 Å². The summed E-state index contributed by atoms with van der Waals surface area (Å²) in [5.41, 5.74) is 6.08. The molecule has 0 unspecified atom stereocenters. The summed E-state index contributed by atoms with van der Waals surface area (Å²) >= 11 is 0. The monoisotopic (exact) mass is 605 g/mol. The van der Waals surface area contributed by atoms with Crippen LogP contribution in [-0.4, -0.2) is 49.4 Å². The number of nitrogens with one attached hydrogen (secondary N) is 2. The average molecular weight is 606 g/mol. The largest absolute Gasteiger partial charge is 0.493 e. The number of aromatic nitrogens is 1. The summed E-state index contributed by atoms with van der Waals surface area (Å²) in [7, 11) is 0. The van der Waals surface area contributed by atoms with Gasteiger partial charge in [-0.1, -0.05) is 53.7 Å². The second-order valence-electron chi connectivity index (χ2n) is 10.7. The Balaban J connectivity index is 0.00000123. The normalized spacial score (nSPS) is 11.8. The highest BCUT2D eigenvalue weighted by molar-refractivity contribution is 6.11. The first kappa shape index (κ1) is 38.2. The highest BCUT2D eigenvalue weighted by Gasteiger charge is 2.14. The molecule has 0 aliphatic rings. The first-order chi connectivity index (χ1) is 21.1. The van der Waals surface area contributed by atoms with Gasteiger partial charge in [-0.3, -0.25) is 15.3 Å². The molecule has 8 heteroatoms. The highest BCUT2D eigenvalue weighted by atomic mass is 16.5. The number of carbonyl (C=O) groups excluding carboxylic acids is 1. The van der Waals surface area contributed by atoms with Crippen LogP contribution in [0, 0.1) is 12.8 Å². The fourth-order valence-corrected chi connectivity index (χ4v) is 3.82. The summed E-state index contributed by atoms with van der Waals surface area (Å²) in [6, 6.07) is 7.64. The predicted molar refractivity (Wildman–Crippen MR) is 187 cm³/mol. The third-order valence-electron chi connectivity index (χ3n) is 6.45. The maximum absolute atomic E-state index is 12.0.